The summed E-state index contributed by atoms with van der Waals surface area (Å²) >= 11 is 0. The molecule has 0 unspecified atom stereocenters. The van der Waals surface area contributed by atoms with Crippen molar-refractivity contribution in [1.82, 2.24) is 0 Å². The highest BCUT2D eigenvalue weighted by molar-refractivity contribution is 5.69. The van der Waals surface area contributed by atoms with Crippen LogP contribution in [-0.2, 0) is 12.8 Å². The molecule has 0 aromatic heterocycles. The highest BCUT2D eigenvalue weighted by Crippen LogP contribution is 2.37. The average molecular weight is 203 g/mol. The normalized spacial score (nSPS) is 14.1. The minimum absolute atomic E-state index is 0.459. The van der Waals surface area contributed by atoms with Crippen LogP contribution in [-0.4, -0.2) is 12.2 Å². The van der Waals surface area contributed by atoms with Gasteiger partial charge < -0.3 is 10.0 Å². The molecule has 0 saturated carbocycles. The van der Waals surface area contributed by atoms with Gasteiger partial charge in [-0.3, -0.25) is 0 Å². The predicted molar refractivity (Wildman–Crippen MR) is 63.3 cm³/mol. The van der Waals surface area contributed by atoms with E-state index in [0.717, 1.165) is 30.5 Å². The van der Waals surface area contributed by atoms with Gasteiger partial charge in [-0.15, -0.1) is 0 Å². The Hall–Kier alpha value is -1.44. The standard InChI is InChI=1S/C13H17NO/c1-3-5-11-8-7-10-6-4-9-14(2)12(10)13(11)15/h4,7-9,15H,3,5-6H2,1-2H3. The van der Waals surface area contributed by atoms with Crippen molar-refractivity contribution >= 4 is 5.69 Å². The van der Waals surface area contributed by atoms with Crippen LogP contribution in [0, 0.1) is 0 Å². The van der Waals surface area contributed by atoms with Crippen LogP contribution in [0.3, 0.4) is 0 Å². The molecule has 1 heterocycles. The van der Waals surface area contributed by atoms with Crippen LogP contribution in [0.1, 0.15) is 24.5 Å². The fourth-order valence-electron chi connectivity index (χ4n) is 2.10. The fraction of sp³-hybridized carbons (Fsp3) is 0.385. The van der Waals surface area contributed by atoms with Crippen molar-refractivity contribution in [2.45, 2.75) is 26.2 Å². The molecule has 2 heteroatoms. The number of anilines is 1. The smallest absolute Gasteiger partial charge is 0.142 e. The van der Waals surface area contributed by atoms with E-state index < -0.39 is 0 Å². The highest BCUT2D eigenvalue weighted by Gasteiger charge is 2.16. The first-order valence-electron chi connectivity index (χ1n) is 5.47. The van der Waals surface area contributed by atoms with Gasteiger partial charge in [0.15, 0.2) is 0 Å². The number of rotatable bonds is 2. The molecule has 1 aliphatic rings. The van der Waals surface area contributed by atoms with Gasteiger partial charge in [-0.1, -0.05) is 31.6 Å². The Labute approximate surface area is 90.8 Å². The summed E-state index contributed by atoms with van der Waals surface area (Å²) in [4.78, 5) is 1.99. The van der Waals surface area contributed by atoms with Crippen molar-refractivity contribution in [3.63, 3.8) is 0 Å². The Morgan fingerprint density at radius 3 is 2.93 bits per heavy atom. The molecule has 0 atom stereocenters. The van der Waals surface area contributed by atoms with Crippen molar-refractivity contribution in [3.05, 3.63) is 35.5 Å². The first-order valence-corrected chi connectivity index (χ1v) is 5.47. The molecule has 1 aromatic rings. The summed E-state index contributed by atoms with van der Waals surface area (Å²) in [6, 6.07) is 4.17. The van der Waals surface area contributed by atoms with Crippen molar-refractivity contribution in [1.29, 1.82) is 0 Å². The van der Waals surface area contributed by atoms with E-state index in [4.69, 9.17) is 0 Å². The monoisotopic (exact) mass is 203 g/mol. The van der Waals surface area contributed by atoms with E-state index in [2.05, 4.69) is 19.1 Å². The van der Waals surface area contributed by atoms with Crippen LogP contribution in [0.5, 0.6) is 5.75 Å². The lowest BCUT2D eigenvalue weighted by Crippen LogP contribution is -2.14. The Morgan fingerprint density at radius 1 is 1.40 bits per heavy atom. The molecule has 0 saturated heterocycles. The van der Waals surface area contributed by atoms with Gasteiger partial charge in [-0.25, -0.2) is 0 Å². The quantitative estimate of drug-likeness (QED) is 0.799. The third-order valence-corrected chi connectivity index (χ3v) is 2.86. The number of phenolic OH excluding ortho intramolecular Hbond substituents is 1. The molecule has 1 aliphatic heterocycles. The Bertz CT molecular complexity index is 396. The van der Waals surface area contributed by atoms with Crippen LogP contribution in [0.4, 0.5) is 5.69 Å². The number of fused-ring (bicyclic) bond motifs is 1. The lowest BCUT2D eigenvalue weighted by Gasteiger charge is -2.24. The summed E-state index contributed by atoms with van der Waals surface area (Å²) in [6.07, 6.45) is 7.04. The molecule has 2 nitrogen and oxygen atoms in total. The molecule has 15 heavy (non-hydrogen) atoms. The number of hydrogen-bond acceptors (Lipinski definition) is 2. The molecule has 0 bridgehead atoms. The molecule has 80 valence electrons. The second-order valence-corrected chi connectivity index (χ2v) is 4.03. The molecular formula is C13H17NO. The van der Waals surface area contributed by atoms with E-state index in [-0.39, 0.29) is 0 Å². The van der Waals surface area contributed by atoms with Crippen LogP contribution < -0.4 is 4.90 Å². The van der Waals surface area contributed by atoms with E-state index in [1.54, 1.807) is 0 Å². The topological polar surface area (TPSA) is 23.5 Å². The van der Waals surface area contributed by atoms with Gasteiger partial charge in [0, 0.05) is 13.2 Å². The number of phenols is 1. The van der Waals surface area contributed by atoms with E-state index in [0.29, 0.717) is 5.75 Å². The number of aromatic hydroxyl groups is 1. The fourth-order valence-corrected chi connectivity index (χ4v) is 2.10. The Morgan fingerprint density at radius 2 is 2.20 bits per heavy atom. The number of allylic oxidation sites excluding steroid dienone is 1. The summed E-state index contributed by atoms with van der Waals surface area (Å²) in [7, 11) is 1.98. The number of nitrogens with zero attached hydrogens (tertiary/aromatic N) is 1. The van der Waals surface area contributed by atoms with Crippen molar-refractivity contribution in [2.75, 3.05) is 11.9 Å². The zero-order chi connectivity index (χ0) is 10.8. The molecule has 1 aromatic carbocycles. The van der Waals surface area contributed by atoms with Gasteiger partial charge in [0.2, 0.25) is 0 Å². The minimum Gasteiger partial charge on any atom is -0.505 e. The van der Waals surface area contributed by atoms with Gasteiger partial charge in [0.25, 0.3) is 0 Å². The molecule has 0 aliphatic carbocycles. The largest absolute Gasteiger partial charge is 0.505 e. The number of benzene rings is 1. The molecular weight excluding hydrogens is 186 g/mol. The Kier molecular flexibility index (Phi) is 2.67. The van der Waals surface area contributed by atoms with E-state index in [1.165, 1.54) is 5.56 Å². The second-order valence-electron chi connectivity index (χ2n) is 4.03. The summed E-state index contributed by atoms with van der Waals surface area (Å²) in [5.74, 6) is 0.459. The maximum atomic E-state index is 10.2. The second kappa shape index (κ2) is 3.97. The van der Waals surface area contributed by atoms with E-state index in [1.807, 2.05) is 24.2 Å². The van der Waals surface area contributed by atoms with Gasteiger partial charge in [0.1, 0.15) is 5.75 Å². The van der Waals surface area contributed by atoms with Crippen molar-refractivity contribution in [2.24, 2.45) is 0 Å². The van der Waals surface area contributed by atoms with Gasteiger partial charge >= 0.3 is 0 Å². The van der Waals surface area contributed by atoms with Crippen molar-refractivity contribution in [3.8, 4) is 5.75 Å². The summed E-state index contributed by atoms with van der Waals surface area (Å²) < 4.78 is 0. The lowest BCUT2D eigenvalue weighted by atomic mass is 9.99. The predicted octanol–water partition coefficient (Wildman–Crippen LogP) is 2.85. The highest BCUT2D eigenvalue weighted by atomic mass is 16.3. The van der Waals surface area contributed by atoms with Crippen LogP contribution in [0.25, 0.3) is 0 Å². The van der Waals surface area contributed by atoms with Gasteiger partial charge in [-0.2, -0.15) is 0 Å². The number of aryl methyl sites for hydroxylation is 1. The maximum Gasteiger partial charge on any atom is 0.142 e. The minimum atomic E-state index is 0.459. The zero-order valence-corrected chi connectivity index (χ0v) is 9.33. The first-order chi connectivity index (χ1) is 7.24. The zero-order valence-electron chi connectivity index (χ0n) is 9.33. The third-order valence-electron chi connectivity index (χ3n) is 2.86. The molecule has 2 rings (SSSR count). The van der Waals surface area contributed by atoms with Crippen LogP contribution in [0.2, 0.25) is 0 Å². The van der Waals surface area contributed by atoms with E-state index >= 15 is 0 Å². The van der Waals surface area contributed by atoms with Crippen molar-refractivity contribution < 1.29 is 5.11 Å². The summed E-state index contributed by atoms with van der Waals surface area (Å²) in [5.41, 5.74) is 3.24. The average Bonchev–Trinajstić information content (AvgIpc) is 2.22. The lowest BCUT2D eigenvalue weighted by molar-refractivity contribution is 0.467. The third kappa shape index (κ3) is 1.72. The molecule has 0 fully saturated rings. The Balaban J connectivity index is 2.47. The SMILES string of the molecule is CCCc1ccc2c(c1O)N(C)C=CC2. The summed E-state index contributed by atoms with van der Waals surface area (Å²) in [5, 5.41) is 10.2. The van der Waals surface area contributed by atoms with Crippen LogP contribution >= 0.6 is 0 Å². The molecule has 1 N–H and O–H groups in total. The van der Waals surface area contributed by atoms with Crippen LogP contribution in [0.15, 0.2) is 24.4 Å². The van der Waals surface area contributed by atoms with Gasteiger partial charge in [-0.05, 0) is 24.0 Å². The molecule has 0 radical (unpaired) electrons. The van der Waals surface area contributed by atoms with E-state index in [9.17, 15) is 5.11 Å². The summed E-state index contributed by atoms with van der Waals surface area (Å²) in [6.45, 7) is 2.13. The molecule has 0 spiro atoms. The molecule has 0 amide bonds. The first kappa shape index (κ1) is 10.1. The number of hydrogen-bond donors (Lipinski definition) is 1. The van der Waals surface area contributed by atoms with Gasteiger partial charge in [0.05, 0.1) is 5.69 Å². The maximum absolute atomic E-state index is 10.2.